The zero-order valence-corrected chi connectivity index (χ0v) is 21.2. The first-order chi connectivity index (χ1) is 17.3. The van der Waals surface area contributed by atoms with Crippen molar-refractivity contribution in [1.82, 2.24) is 9.97 Å². The van der Waals surface area contributed by atoms with Crippen molar-refractivity contribution < 1.29 is 14.2 Å². The summed E-state index contributed by atoms with van der Waals surface area (Å²) in [6.07, 6.45) is 3.75. The Labute approximate surface area is 212 Å². The Morgan fingerprint density at radius 2 is 1.78 bits per heavy atom. The summed E-state index contributed by atoms with van der Waals surface area (Å²) in [6.45, 7) is 8.16. The summed E-state index contributed by atoms with van der Waals surface area (Å²) in [5, 5.41) is 0. The van der Waals surface area contributed by atoms with Crippen LogP contribution >= 0.6 is 0 Å². The Bertz CT molecular complexity index is 1240. The van der Waals surface area contributed by atoms with E-state index in [1.54, 1.807) is 13.4 Å². The quantitative estimate of drug-likeness (QED) is 0.536. The van der Waals surface area contributed by atoms with Gasteiger partial charge < -0.3 is 24.8 Å². The SMILES string of the molecule is COc1cc(-c2cc(N3CC4(COC4)C3)ncn2)ccc1C(C)(C)c1ccc(OC2CC(N)C2)cc1. The normalized spacial score (nSPS) is 22.4. The molecular weight excluding hydrogens is 452 g/mol. The van der Waals surface area contributed by atoms with Crippen molar-refractivity contribution in [2.45, 2.75) is 44.2 Å². The molecule has 1 spiro atoms. The molecule has 0 amide bonds. The van der Waals surface area contributed by atoms with Gasteiger partial charge in [-0.05, 0) is 36.6 Å². The largest absolute Gasteiger partial charge is 0.496 e. The van der Waals surface area contributed by atoms with Crippen LogP contribution in [-0.4, -0.2) is 55.5 Å². The second kappa shape index (κ2) is 8.75. The smallest absolute Gasteiger partial charge is 0.132 e. The molecule has 6 rings (SSSR count). The molecule has 188 valence electrons. The maximum Gasteiger partial charge on any atom is 0.132 e. The molecule has 7 heteroatoms. The topological polar surface area (TPSA) is 82.7 Å². The Morgan fingerprint density at radius 1 is 1.03 bits per heavy atom. The second-order valence-corrected chi connectivity index (χ2v) is 11.1. The number of anilines is 1. The molecule has 1 saturated carbocycles. The highest BCUT2D eigenvalue weighted by molar-refractivity contribution is 5.67. The summed E-state index contributed by atoms with van der Waals surface area (Å²) in [5.41, 5.74) is 10.2. The van der Waals surface area contributed by atoms with Crippen LogP contribution in [0.5, 0.6) is 11.5 Å². The number of methoxy groups -OCH3 is 1. The molecule has 1 aliphatic carbocycles. The molecule has 3 heterocycles. The van der Waals surface area contributed by atoms with Crippen LogP contribution < -0.4 is 20.1 Å². The van der Waals surface area contributed by atoms with Gasteiger partial charge in [0.05, 0.1) is 31.4 Å². The lowest BCUT2D eigenvalue weighted by atomic mass is 9.77. The Morgan fingerprint density at radius 3 is 2.42 bits per heavy atom. The van der Waals surface area contributed by atoms with Crippen molar-refractivity contribution >= 4 is 5.82 Å². The third-order valence-electron chi connectivity index (χ3n) is 8.03. The average Bonchev–Trinajstić information content (AvgIpc) is 2.81. The molecule has 0 bridgehead atoms. The monoisotopic (exact) mass is 486 g/mol. The molecule has 2 aromatic carbocycles. The molecule has 7 nitrogen and oxygen atoms in total. The van der Waals surface area contributed by atoms with Crippen molar-refractivity contribution in [3.05, 3.63) is 66.0 Å². The lowest BCUT2D eigenvalue weighted by molar-refractivity contribution is -0.127. The number of nitrogens with zero attached hydrogens (tertiary/aromatic N) is 3. The van der Waals surface area contributed by atoms with Gasteiger partial charge >= 0.3 is 0 Å². The van der Waals surface area contributed by atoms with Gasteiger partial charge in [0.2, 0.25) is 0 Å². The van der Waals surface area contributed by atoms with E-state index in [4.69, 9.17) is 19.9 Å². The Kier molecular flexibility index (Phi) is 5.65. The standard InChI is InChI=1S/C29H34N4O3/c1-28(2,20-5-7-22(8-6-20)36-23-11-21(30)12-23)24-9-4-19(10-26(24)34-3)25-13-27(32-18-31-25)33-14-29(15-33)16-35-17-29/h4-10,13,18,21,23H,11-12,14-17,30H2,1-3H3. The van der Waals surface area contributed by atoms with Crippen LogP contribution in [-0.2, 0) is 10.2 Å². The summed E-state index contributed by atoms with van der Waals surface area (Å²) >= 11 is 0. The lowest BCUT2D eigenvalue weighted by Gasteiger charge is -2.55. The minimum absolute atomic E-state index is 0.239. The van der Waals surface area contributed by atoms with Crippen LogP contribution in [0.3, 0.4) is 0 Å². The molecule has 3 aliphatic rings. The fraction of sp³-hybridized carbons (Fsp3) is 0.448. The third-order valence-corrected chi connectivity index (χ3v) is 8.03. The molecule has 0 unspecified atom stereocenters. The number of aromatic nitrogens is 2. The number of rotatable bonds is 7. The van der Waals surface area contributed by atoms with Crippen LogP contribution in [0.15, 0.2) is 54.9 Å². The fourth-order valence-corrected chi connectivity index (χ4v) is 5.54. The van der Waals surface area contributed by atoms with E-state index in [9.17, 15) is 0 Å². The van der Waals surface area contributed by atoms with Crippen molar-refractivity contribution in [2.75, 3.05) is 38.3 Å². The first-order valence-corrected chi connectivity index (χ1v) is 12.7. The Hall–Kier alpha value is -3.16. The first kappa shape index (κ1) is 23.3. The predicted octanol–water partition coefficient (Wildman–Crippen LogP) is 4.18. The van der Waals surface area contributed by atoms with E-state index in [2.05, 4.69) is 77.2 Å². The number of nitrogens with two attached hydrogens (primary N) is 1. The molecule has 2 N–H and O–H groups in total. The van der Waals surface area contributed by atoms with Gasteiger partial charge in [0.15, 0.2) is 0 Å². The van der Waals surface area contributed by atoms with Gasteiger partial charge in [-0.2, -0.15) is 0 Å². The van der Waals surface area contributed by atoms with Crippen molar-refractivity contribution in [2.24, 2.45) is 11.1 Å². The summed E-state index contributed by atoms with van der Waals surface area (Å²) in [6, 6.07) is 17.1. The fourth-order valence-electron chi connectivity index (χ4n) is 5.54. The highest BCUT2D eigenvalue weighted by Gasteiger charge is 2.49. The molecule has 36 heavy (non-hydrogen) atoms. The molecule has 3 fully saturated rings. The zero-order valence-electron chi connectivity index (χ0n) is 21.2. The second-order valence-electron chi connectivity index (χ2n) is 11.1. The number of ether oxygens (including phenoxy) is 3. The minimum atomic E-state index is -0.255. The van der Waals surface area contributed by atoms with E-state index in [0.717, 1.165) is 73.3 Å². The highest BCUT2D eigenvalue weighted by atomic mass is 16.5. The van der Waals surface area contributed by atoms with E-state index in [1.165, 1.54) is 5.56 Å². The number of benzene rings is 2. The number of hydrogen-bond donors (Lipinski definition) is 1. The maximum absolute atomic E-state index is 6.04. The summed E-state index contributed by atoms with van der Waals surface area (Å²) < 4.78 is 17.3. The highest BCUT2D eigenvalue weighted by Crippen LogP contribution is 2.42. The summed E-state index contributed by atoms with van der Waals surface area (Å²) in [5.74, 6) is 2.70. The van der Waals surface area contributed by atoms with Gasteiger partial charge in [0.25, 0.3) is 0 Å². The average molecular weight is 487 g/mol. The maximum atomic E-state index is 6.04. The van der Waals surface area contributed by atoms with Crippen LogP contribution in [0.4, 0.5) is 5.82 Å². The molecular formula is C29H34N4O3. The summed E-state index contributed by atoms with van der Waals surface area (Å²) in [4.78, 5) is 11.4. The van der Waals surface area contributed by atoms with E-state index in [-0.39, 0.29) is 17.6 Å². The van der Waals surface area contributed by atoms with Crippen LogP contribution in [0, 0.1) is 5.41 Å². The van der Waals surface area contributed by atoms with E-state index < -0.39 is 0 Å². The van der Waals surface area contributed by atoms with Crippen molar-refractivity contribution in [3.63, 3.8) is 0 Å². The van der Waals surface area contributed by atoms with Gasteiger partial charge in [-0.15, -0.1) is 0 Å². The molecule has 3 aromatic rings. The van der Waals surface area contributed by atoms with Crippen molar-refractivity contribution in [3.8, 4) is 22.8 Å². The van der Waals surface area contributed by atoms with Crippen LogP contribution in [0.25, 0.3) is 11.3 Å². The van der Waals surface area contributed by atoms with Crippen LogP contribution in [0.2, 0.25) is 0 Å². The van der Waals surface area contributed by atoms with E-state index in [0.29, 0.717) is 5.41 Å². The molecule has 0 atom stereocenters. The lowest BCUT2D eigenvalue weighted by Crippen LogP contribution is -2.66. The summed E-state index contributed by atoms with van der Waals surface area (Å²) in [7, 11) is 1.73. The first-order valence-electron chi connectivity index (χ1n) is 12.7. The molecule has 2 saturated heterocycles. The molecule has 2 aliphatic heterocycles. The van der Waals surface area contributed by atoms with Gasteiger partial charge in [-0.25, -0.2) is 9.97 Å². The van der Waals surface area contributed by atoms with Crippen molar-refractivity contribution in [1.29, 1.82) is 0 Å². The predicted molar refractivity (Wildman–Crippen MR) is 140 cm³/mol. The van der Waals surface area contributed by atoms with Gasteiger partial charge in [-0.3, -0.25) is 0 Å². The van der Waals surface area contributed by atoms with Gasteiger partial charge in [0, 0.05) is 41.7 Å². The zero-order chi connectivity index (χ0) is 24.9. The molecule has 1 aromatic heterocycles. The van der Waals surface area contributed by atoms with E-state index in [1.807, 2.05) is 0 Å². The third kappa shape index (κ3) is 4.10. The van der Waals surface area contributed by atoms with Gasteiger partial charge in [0.1, 0.15) is 29.7 Å². The van der Waals surface area contributed by atoms with Crippen LogP contribution in [0.1, 0.15) is 37.8 Å². The minimum Gasteiger partial charge on any atom is -0.496 e. The Balaban J connectivity index is 1.21. The number of hydrogen-bond acceptors (Lipinski definition) is 7. The van der Waals surface area contributed by atoms with E-state index >= 15 is 0 Å². The van der Waals surface area contributed by atoms with Gasteiger partial charge in [-0.1, -0.05) is 38.1 Å². The molecule has 0 radical (unpaired) electrons.